The molecule has 0 atom stereocenters. The van der Waals surface area contributed by atoms with Crippen molar-refractivity contribution in [2.45, 2.75) is 31.7 Å². The first-order valence-corrected chi connectivity index (χ1v) is 9.15. The molecule has 0 unspecified atom stereocenters. The highest BCUT2D eigenvalue weighted by molar-refractivity contribution is 5.89. The van der Waals surface area contributed by atoms with Crippen molar-refractivity contribution < 1.29 is 9.59 Å². The molecule has 3 amide bonds. The van der Waals surface area contributed by atoms with Crippen LogP contribution in [0.15, 0.2) is 60.7 Å². The fourth-order valence-corrected chi connectivity index (χ4v) is 3.20. The summed E-state index contributed by atoms with van der Waals surface area (Å²) in [6.07, 6.45) is 2.90. The number of hydrogen-bond acceptors (Lipinski definition) is 2. The molecular formula is C21H25N3O2. The van der Waals surface area contributed by atoms with E-state index >= 15 is 0 Å². The zero-order valence-electron chi connectivity index (χ0n) is 14.9. The molecule has 2 aromatic rings. The molecule has 0 bridgehead atoms. The summed E-state index contributed by atoms with van der Waals surface area (Å²) in [5.74, 6) is 0.195. The first-order chi connectivity index (χ1) is 12.7. The van der Waals surface area contributed by atoms with E-state index in [4.69, 9.17) is 0 Å². The van der Waals surface area contributed by atoms with E-state index in [1.165, 1.54) is 5.56 Å². The number of para-hydroxylation sites is 1. The molecule has 5 heteroatoms. The Labute approximate surface area is 154 Å². The quantitative estimate of drug-likeness (QED) is 0.867. The van der Waals surface area contributed by atoms with Gasteiger partial charge in [0.1, 0.15) is 0 Å². The number of benzene rings is 2. The summed E-state index contributed by atoms with van der Waals surface area (Å²) in [6.45, 7) is 1.40. The second kappa shape index (κ2) is 9.04. The maximum Gasteiger partial charge on any atom is 0.319 e. The van der Waals surface area contributed by atoms with Crippen LogP contribution >= 0.6 is 0 Å². The van der Waals surface area contributed by atoms with Gasteiger partial charge in [-0.3, -0.25) is 4.79 Å². The number of rotatable bonds is 5. The SMILES string of the molecule is O=C(Nc1ccccc1)NC1CCN(C(=O)CCc2ccccc2)CC1. The van der Waals surface area contributed by atoms with Gasteiger partial charge >= 0.3 is 6.03 Å². The average molecular weight is 351 g/mol. The Balaban J connectivity index is 1.38. The third-order valence-corrected chi connectivity index (χ3v) is 4.68. The third kappa shape index (κ3) is 5.34. The van der Waals surface area contributed by atoms with Crippen LogP contribution in [0.25, 0.3) is 0 Å². The summed E-state index contributed by atoms with van der Waals surface area (Å²) < 4.78 is 0. The van der Waals surface area contributed by atoms with Crippen molar-refractivity contribution in [2.75, 3.05) is 18.4 Å². The van der Waals surface area contributed by atoms with Crippen molar-refractivity contribution in [1.82, 2.24) is 10.2 Å². The minimum atomic E-state index is -0.190. The Morgan fingerprint density at radius 2 is 1.54 bits per heavy atom. The topological polar surface area (TPSA) is 61.4 Å². The summed E-state index contributed by atoms with van der Waals surface area (Å²) in [6, 6.07) is 19.4. The van der Waals surface area contributed by atoms with Crippen LogP contribution in [0.3, 0.4) is 0 Å². The summed E-state index contributed by atoms with van der Waals surface area (Å²) in [5.41, 5.74) is 1.97. The molecule has 3 rings (SSSR count). The largest absolute Gasteiger partial charge is 0.343 e. The minimum Gasteiger partial charge on any atom is -0.343 e. The van der Waals surface area contributed by atoms with Gasteiger partial charge in [0, 0.05) is 31.2 Å². The molecule has 1 fully saturated rings. The molecule has 2 aromatic carbocycles. The lowest BCUT2D eigenvalue weighted by Gasteiger charge is -2.32. The smallest absolute Gasteiger partial charge is 0.319 e. The zero-order valence-corrected chi connectivity index (χ0v) is 14.9. The number of carbonyl (C=O) groups is 2. The molecular weight excluding hydrogens is 326 g/mol. The van der Waals surface area contributed by atoms with Gasteiger partial charge in [0.15, 0.2) is 0 Å². The van der Waals surface area contributed by atoms with Gasteiger partial charge in [-0.1, -0.05) is 48.5 Å². The summed E-state index contributed by atoms with van der Waals surface area (Å²) in [4.78, 5) is 26.3. The van der Waals surface area contributed by atoms with E-state index in [9.17, 15) is 9.59 Å². The highest BCUT2D eigenvalue weighted by atomic mass is 16.2. The Morgan fingerprint density at radius 1 is 0.923 bits per heavy atom. The van der Waals surface area contributed by atoms with Crippen molar-refractivity contribution >= 4 is 17.6 Å². The van der Waals surface area contributed by atoms with Crippen LogP contribution in [0.4, 0.5) is 10.5 Å². The van der Waals surface area contributed by atoms with E-state index in [-0.39, 0.29) is 18.0 Å². The minimum absolute atomic E-state index is 0.108. The zero-order chi connectivity index (χ0) is 18.2. The van der Waals surface area contributed by atoms with Gasteiger partial charge in [-0.25, -0.2) is 4.79 Å². The van der Waals surface area contributed by atoms with Crippen LogP contribution in [0.1, 0.15) is 24.8 Å². The number of piperidine rings is 1. The van der Waals surface area contributed by atoms with Gasteiger partial charge in [-0.15, -0.1) is 0 Å². The monoisotopic (exact) mass is 351 g/mol. The second-order valence-corrected chi connectivity index (χ2v) is 6.61. The molecule has 0 radical (unpaired) electrons. The Hall–Kier alpha value is -2.82. The van der Waals surface area contributed by atoms with Crippen molar-refractivity contribution in [3.05, 3.63) is 66.2 Å². The van der Waals surface area contributed by atoms with Gasteiger partial charge < -0.3 is 15.5 Å². The number of urea groups is 1. The van der Waals surface area contributed by atoms with Gasteiger partial charge in [-0.2, -0.15) is 0 Å². The summed E-state index contributed by atoms with van der Waals surface area (Å²) in [5, 5.41) is 5.83. The summed E-state index contributed by atoms with van der Waals surface area (Å²) in [7, 11) is 0. The normalized spacial score (nSPS) is 14.7. The number of nitrogens with zero attached hydrogens (tertiary/aromatic N) is 1. The number of anilines is 1. The average Bonchev–Trinajstić information content (AvgIpc) is 2.68. The molecule has 0 aromatic heterocycles. The molecule has 1 aliphatic heterocycles. The fraction of sp³-hybridized carbons (Fsp3) is 0.333. The number of nitrogens with one attached hydrogen (secondary N) is 2. The van der Waals surface area contributed by atoms with Crippen LogP contribution in [-0.2, 0) is 11.2 Å². The number of hydrogen-bond donors (Lipinski definition) is 2. The standard InChI is InChI=1S/C21H25N3O2/c25-20(12-11-17-7-3-1-4-8-17)24-15-13-19(14-16-24)23-21(26)22-18-9-5-2-6-10-18/h1-10,19H,11-16H2,(H2,22,23,26). The van der Waals surface area contributed by atoms with Crippen molar-refractivity contribution in [3.63, 3.8) is 0 Å². The Kier molecular flexibility index (Phi) is 6.25. The van der Waals surface area contributed by atoms with Gasteiger partial charge in [-0.05, 0) is 37.0 Å². The Morgan fingerprint density at radius 3 is 2.19 bits per heavy atom. The van der Waals surface area contributed by atoms with Gasteiger partial charge in [0.2, 0.25) is 5.91 Å². The molecule has 0 aliphatic carbocycles. The maximum absolute atomic E-state index is 12.4. The van der Waals surface area contributed by atoms with E-state index in [1.54, 1.807) is 0 Å². The highest BCUT2D eigenvalue weighted by Gasteiger charge is 2.23. The van der Waals surface area contributed by atoms with Crippen LogP contribution in [-0.4, -0.2) is 36.0 Å². The van der Waals surface area contributed by atoms with Crippen LogP contribution < -0.4 is 10.6 Å². The third-order valence-electron chi connectivity index (χ3n) is 4.68. The molecule has 2 N–H and O–H groups in total. The van der Waals surface area contributed by atoms with E-state index in [2.05, 4.69) is 22.8 Å². The molecule has 1 aliphatic rings. The van der Waals surface area contributed by atoms with E-state index in [0.29, 0.717) is 19.5 Å². The fourth-order valence-electron chi connectivity index (χ4n) is 3.20. The second-order valence-electron chi connectivity index (χ2n) is 6.61. The molecule has 136 valence electrons. The lowest BCUT2D eigenvalue weighted by molar-refractivity contribution is -0.132. The lowest BCUT2D eigenvalue weighted by atomic mass is 10.0. The molecule has 26 heavy (non-hydrogen) atoms. The van der Waals surface area contributed by atoms with Crippen molar-refractivity contribution in [3.8, 4) is 0 Å². The highest BCUT2D eigenvalue weighted by Crippen LogP contribution is 2.13. The summed E-state index contributed by atoms with van der Waals surface area (Å²) >= 11 is 0. The predicted octanol–water partition coefficient (Wildman–Crippen LogP) is 3.43. The van der Waals surface area contributed by atoms with Crippen molar-refractivity contribution in [1.29, 1.82) is 0 Å². The number of likely N-dealkylation sites (tertiary alicyclic amines) is 1. The number of carbonyl (C=O) groups excluding carboxylic acids is 2. The van der Waals surface area contributed by atoms with Crippen LogP contribution in [0.5, 0.6) is 0 Å². The molecule has 0 saturated carbocycles. The maximum atomic E-state index is 12.4. The first kappa shape index (κ1) is 18.0. The number of aryl methyl sites for hydroxylation is 1. The Bertz CT molecular complexity index is 711. The molecule has 1 saturated heterocycles. The van der Waals surface area contributed by atoms with E-state index in [0.717, 1.165) is 24.9 Å². The predicted molar refractivity (Wildman–Crippen MR) is 103 cm³/mol. The molecule has 1 heterocycles. The van der Waals surface area contributed by atoms with E-state index in [1.807, 2.05) is 53.4 Å². The van der Waals surface area contributed by atoms with Crippen LogP contribution in [0, 0.1) is 0 Å². The van der Waals surface area contributed by atoms with Crippen LogP contribution in [0.2, 0.25) is 0 Å². The van der Waals surface area contributed by atoms with Gasteiger partial charge in [0.05, 0.1) is 0 Å². The lowest BCUT2D eigenvalue weighted by Crippen LogP contribution is -2.47. The first-order valence-electron chi connectivity index (χ1n) is 9.15. The molecule has 5 nitrogen and oxygen atoms in total. The van der Waals surface area contributed by atoms with Gasteiger partial charge in [0.25, 0.3) is 0 Å². The van der Waals surface area contributed by atoms with E-state index < -0.39 is 0 Å². The van der Waals surface area contributed by atoms with Crippen molar-refractivity contribution in [2.24, 2.45) is 0 Å². The number of amides is 3. The molecule has 0 spiro atoms.